The van der Waals surface area contributed by atoms with Crippen molar-refractivity contribution in [2.45, 2.75) is 27.7 Å². The van der Waals surface area contributed by atoms with Crippen LogP contribution in [0.15, 0.2) is 47.2 Å². The Morgan fingerprint density at radius 2 is 1.89 bits per heavy atom. The Morgan fingerprint density at radius 1 is 1.11 bits per heavy atom. The molecule has 1 aromatic carbocycles. The van der Waals surface area contributed by atoms with E-state index in [0.29, 0.717) is 17.1 Å². The number of amides is 1. The Labute approximate surface area is 164 Å². The van der Waals surface area contributed by atoms with Crippen LogP contribution in [0.3, 0.4) is 0 Å². The number of rotatable bonds is 7. The predicted octanol–water partition coefficient (Wildman–Crippen LogP) is 4.53. The smallest absolute Gasteiger partial charge is 0.258 e. The monoisotopic (exact) mass is 379 g/mol. The van der Waals surface area contributed by atoms with Gasteiger partial charge in [-0.1, -0.05) is 5.16 Å². The van der Waals surface area contributed by atoms with Gasteiger partial charge in [-0.15, -0.1) is 0 Å². The molecule has 0 aliphatic heterocycles. The average Bonchev–Trinajstić information content (AvgIpc) is 3.09. The minimum Gasteiger partial charge on any atom is -0.372 e. The molecule has 0 unspecified atom stereocenters. The number of carbonyl (C=O) groups is 1. The first-order valence-electron chi connectivity index (χ1n) is 9.32. The zero-order valence-corrected chi connectivity index (χ0v) is 16.6. The molecule has 2 heterocycles. The van der Waals surface area contributed by atoms with Crippen LogP contribution < -0.4 is 15.5 Å². The van der Waals surface area contributed by atoms with E-state index in [1.807, 2.05) is 6.07 Å². The molecule has 0 bridgehead atoms. The predicted molar refractivity (Wildman–Crippen MR) is 111 cm³/mol. The number of nitrogens with zero attached hydrogens (tertiary/aromatic N) is 3. The molecule has 1 amide bonds. The molecule has 2 N–H and O–H groups in total. The van der Waals surface area contributed by atoms with Crippen molar-refractivity contribution in [3.05, 3.63) is 59.6 Å². The van der Waals surface area contributed by atoms with E-state index in [1.54, 1.807) is 25.3 Å². The largest absolute Gasteiger partial charge is 0.372 e. The Balaban J connectivity index is 1.74. The van der Waals surface area contributed by atoms with Gasteiger partial charge in [0.1, 0.15) is 5.76 Å². The van der Waals surface area contributed by atoms with Crippen molar-refractivity contribution in [2.75, 3.05) is 28.6 Å². The Hall–Kier alpha value is -3.35. The van der Waals surface area contributed by atoms with Crippen molar-refractivity contribution in [3.8, 4) is 0 Å². The highest BCUT2D eigenvalue weighted by molar-refractivity contribution is 6.04. The number of hydrogen-bond acceptors (Lipinski definition) is 6. The third-order valence-electron chi connectivity index (χ3n) is 4.49. The van der Waals surface area contributed by atoms with Crippen molar-refractivity contribution < 1.29 is 9.32 Å². The van der Waals surface area contributed by atoms with E-state index in [-0.39, 0.29) is 5.91 Å². The fourth-order valence-corrected chi connectivity index (χ4v) is 2.98. The number of hydrogen-bond donors (Lipinski definition) is 2. The van der Waals surface area contributed by atoms with Crippen LogP contribution in [0.4, 0.5) is 22.9 Å². The lowest BCUT2D eigenvalue weighted by Gasteiger charge is -2.22. The molecular weight excluding hydrogens is 354 g/mol. The normalized spacial score (nSPS) is 10.6. The molecule has 3 rings (SSSR count). The van der Waals surface area contributed by atoms with Crippen LogP contribution in [-0.2, 0) is 0 Å². The number of nitrogens with one attached hydrogen (secondary N) is 2. The zero-order chi connectivity index (χ0) is 20.1. The van der Waals surface area contributed by atoms with E-state index in [9.17, 15) is 4.79 Å². The number of pyridine rings is 1. The highest BCUT2D eigenvalue weighted by Crippen LogP contribution is 2.25. The standard InChI is InChI=1S/C21H25N5O2/c1-5-26(6-2)18-7-8-19(14(3)9-18)23-17-11-16(12-22-13-17)21(27)24-20-10-15(4)28-25-20/h7-13,23H,5-6H2,1-4H3,(H,24,25,27). The van der Waals surface area contributed by atoms with Crippen LogP contribution >= 0.6 is 0 Å². The first kappa shape index (κ1) is 19.4. The van der Waals surface area contributed by atoms with E-state index in [0.717, 1.165) is 30.0 Å². The molecule has 146 valence electrons. The van der Waals surface area contributed by atoms with Crippen LogP contribution in [0, 0.1) is 13.8 Å². The summed E-state index contributed by atoms with van der Waals surface area (Å²) >= 11 is 0. The fraction of sp³-hybridized carbons (Fsp3) is 0.286. The van der Waals surface area contributed by atoms with Gasteiger partial charge in [0.15, 0.2) is 5.82 Å². The maximum atomic E-state index is 12.4. The second-order valence-electron chi connectivity index (χ2n) is 6.54. The molecule has 0 saturated heterocycles. The number of aryl methyl sites for hydroxylation is 2. The molecule has 0 atom stereocenters. The number of anilines is 4. The number of carbonyl (C=O) groups excluding carboxylic acids is 1. The van der Waals surface area contributed by atoms with Crippen LogP contribution in [0.2, 0.25) is 0 Å². The van der Waals surface area contributed by atoms with Gasteiger partial charge in [-0.25, -0.2) is 0 Å². The summed E-state index contributed by atoms with van der Waals surface area (Å²) in [5.41, 5.74) is 4.47. The minimum absolute atomic E-state index is 0.293. The molecule has 28 heavy (non-hydrogen) atoms. The Morgan fingerprint density at radius 3 is 2.54 bits per heavy atom. The van der Waals surface area contributed by atoms with E-state index < -0.39 is 0 Å². The zero-order valence-electron chi connectivity index (χ0n) is 16.6. The molecule has 0 spiro atoms. The second-order valence-corrected chi connectivity index (χ2v) is 6.54. The maximum absolute atomic E-state index is 12.4. The van der Waals surface area contributed by atoms with Gasteiger partial charge in [0.2, 0.25) is 0 Å². The maximum Gasteiger partial charge on any atom is 0.258 e. The van der Waals surface area contributed by atoms with Crippen LogP contribution in [0.5, 0.6) is 0 Å². The summed E-state index contributed by atoms with van der Waals surface area (Å²) < 4.78 is 4.96. The summed E-state index contributed by atoms with van der Waals surface area (Å²) in [5, 5.41) is 9.81. The SMILES string of the molecule is CCN(CC)c1ccc(Nc2cncc(C(=O)Nc3cc(C)on3)c2)c(C)c1. The third kappa shape index (κ3) is 4.49. The van der Waals surface area contributed by atoms with Crippen molar-refractivity contribution in [3.63, 3.8) is 0 Å². The van der Waals surface area contributed by atoms with Gasteiger partial charge in [-0.3, -0.25) is 9.78 Å². The summed E-state index contributed by atoms with van der Waals surface area (Å²) in [5.74, 6) is 0.717. The molecule has 3 aromatic rings. The number of benzene rings is 1. The lowest BCUT2D eigenvalue weighted by molar-refractivity contribution is 0.102. The van der Waals surface area contributed by atoms with Crippen molar-refractivity contribution in [2.24, 2.45) is 0 Å². The summed E-state index contributed by atoms with van der Waals surface area (Å²) in [7, 11) is 0. The highest BCUT2D eigenvalue weighted by Gasteiger charge is 2.11. The number of aromatic nitrogens is 2. The first-order valence-corrected chi connectivity index (χ1v) is 9.32. The lowest BCUT2D eigenvalue weighted by atomic mass is 10.1. The van der Waals surface area contributed by atoms with Gasteiger partial charge in [-0.2, -0.15) is 0 Å². The molecule has 0 radical (unpaired) electrons. The second kappa shape index (κ2) is 8.56. The molecule has 0 saturated carbocycles. The van der Waals surface area contributed by atoms with Gasteiger partial charge in [-0.05, 0) is 57.5 Å². The summed E-state index contributed by atoms with van der Waals surface area (Å²) in [4.78, 5) is 18.9. The lowest BCUT2D eigenvalue weighted by Crippen LogP contribution is -2.21. The van der Waals surface area contributed by atoms with Crippen molar-refractivity contribution in [1.82, 2.24) is 10.1 Å². The average molecular weight is 379 g/mol. The van der Waals surface area contributed by atoms with Crippen molar-refractivity contribution in [1.29, 1.82) is 0 Å². The van der Waals surface area contributed by atoms with E-state index in [1.165, 1.54) is 11.9 Å². The van der Waals surface area contributed by atoms with Gasteiger partial charge in [0, 0.05) is 36.7 Å². The van der Waals surface area contributed by atoms with Gasteiger partial charge < -0.3 is 20.1 Å². The molecular formula is C21H25N5O2. The Kier molecular flexibility index (Phi) is 5.93. The topological polar surface area (TPSA) is 83.3 Å². The van der Waals surface area contributed by atoms with E-state index in [4.69, 9.17) is 4.52 Å². The highest BCUT2D eigenvalue weighted by atomic mass is 16.5. The van der Waals surface area contributed by atoms with Crippen LogP contribution in [0.25, 0.3) is 0 Å². The van der Waals surface area contributed by atoms with Gasteiger partial charge >= 0.3 is 0 Å². The molecule has 0 aliphatic rings. The summed E-state index contributed by atoms with van der Waals surface area (Å²) in [6, 6.07) is 9.72. The van der Waals surface area contributed by atoms with Gasteiger partial charge in [0.05, 0.1) is 17.4 Å². The molecule has 7 nitrogen and oxygen atoms in total. The van der Waals surface area contributed by atoms with Gasteiger partial charge in [0.25, 0.3) is 5.91 Å². The molecule has 2 aromatic heterocycles. The minimum atomic E-state index is -0.293. The quantitative estimate of drug-likeness (QED) is 0.628. The van der Waals surface area contributed by atoms with E-state index >= 15 is 0 Å². The summed E-state index contributed by atoms with van der Waals surface area (Å²) in [6.07, 6.45) is 3.21. The summed E-state index contributed by atoms with van der Waals surface area (Å²) in [6.45, 7) is 10.1. The first-order chi connectivity index (χ1) is 13.5. The molecule has 0 fully saturated rings. The fourth-order valence-electron chi connectivity index (χ4n) is 2.98. The van der Waals surface area contributed by atoms with E-state index in [2.05, 4.69) is 58.6 Å². The van der Waals surface area contributed by atoms with Crippen molar-refractivity contribution >= 4 is 28.8 Å². The van der Waals surface area contributed by atoms with Crippen LogP contribution in [0.1, 0.15) is 35.5 Å². The Bertz CT molecular complexity index is 963. The van der Waals surface area contributed by atoms with Crippen LogP contribution in [-0.4, -0.2) is 29.1 Å². The molecule has 7 heteroatoms. The molecule has 0 aliphatic carbocycles. The third-order valence-corrected chi connectivity index (χ3v) is 4.49.